The number of hydrogen-bond donors (Lipinski definition) is 1. The summed E-state index contributed by atoms with van der Waals surface area (Å²) < 4.78 is 45.5. The Morgan fingerprint density at radius 1 is 0.970 bits per heavy atom. The van der Waals surface area contributed by atoms with Gasteiger partial charge in [-0.1, -0.05) is 30.3 Å². The van der Waals surface area contributed by atoms with Gasteiger partial charge in [-0.2, -0.15) is 13.2 Å². The van der Waals surface area contributed by atoms with Crippen LogP contribution in [-0.4, -0.2) is 36.7 Å². The number of fused-ring (bicyclic) bond motifs is 1. The number of carbonyl (C=O) groups is 1. The summed E-state index contributed by atoms with van der Waals surface area (Å²) in [4.78, 5) is 17.1. The number of para-hydroxylation sites is 1. The minimum Gasteiger partial charge on any atom is -0.497 e. The lowest BCUT2D eigenvalue weighted by Gasteiger charge is -2.58. The Bertz CT molecular complexity index is 1190. The van der Waals surface area contributed by atoms with E-state index in [-0.39, 0.29) is 18.0 Å². The molecule has 33 heavy (non-hydrogen) atoms. The molecule has 0 aromatic heterocycles. The van der Waals surface area contributed by atoms with Crippen LogP contribution in [0, 0.1) is 0 Å². The quantitative estimate of drug-likeness (QED) is 0.604. The molecule has 5 nitrogen and oxygen atoms in total. The Morgan fingerprint density at radius 2 is 1.64 bits per heavy atom. The largest absolute Gasteiger partial charge is 0.497 e. The summed E-state index contributed by atoms with van der Waals surface area (Å²) in [7, 11) is 1.57. The zero-order chi connectivity index (χ0) is 23.2. The Balaban J connectivity index is 1.46. The van der Waals surface area contributed by atoms with Crippen molar-refractivity contribution in [3.63, 3.8) is 0 Å². The minimum atomic E-state index is -4.41. The predicted molar refractivity (Wildman–Crippen MR) is 119 cm³/mol. The number of nitrogens with one attached hydrogen (secondary N) is 1. The van der Waals surface area contributed by atoms with Crippen LogP contribution in [0.15, 0.2) is 72.8 Å². The highest BCUT2D eigenvalue weighted by atomic mass is 19.4. The number of halogens is 3. The number of carbonyl (C=O) groups excluding carboxylic acids is 1. The normalized spacial score (nSPS) is 17.3. The number of rotatable bonds is 4. The molecule has 170 valence electrons. The number of amides is 1. The van der Waals surface area contributed by atoms with Crippen LogP contribution in [0.4, 0.5) is 24.5 Å². The first kappa shape index (κ1) is 21.3. The van der Waals surface area contributed by atoms with Crippen molar-refractivity contribution in [2.45, 2.75) is 18.4 Å². The molecule has 8 heteroatoms. The van der Waals surface area contributed by atoms with Gasteiger partial charge in [0.05, 0.1) is 18.2 Å². The number of anilines is 2. The molecule has 0 saturated carbocycles. The van der Waals surface area contributed by atoms with E-state index in [9.17, 15) is 18.0 Å². The van der Waals surface area contributed by atoms with Gasteiger partial charge in [-0.3, -0.25) is 14.6 Å². The first-order valence-corrected chi connectivity index (χ1v) is 10.5. The van der Waals surface area contributed by atoms with Crippen molar-refractivity contribution in [2.75, 3.05) is 30.4 Å². The van der Waals surface area contributed by atoms with E-state index in [4.69, 9.17) is 4.74 Å². The van der Waals surface area contributed by atoms with Crippen LogP contribution in [0.3, 0.4) is 0 Å². The molecule has 0 radical (unpaired) electrons. The third-order valence-corrected chi connectivity index (χ3v) is 6.17. The van der Waals surface area contributed by atoms with Crippen molar-refractivity contribution in [3.05, 3.63) is 89.5 Å². The third-order valence-electron chi connectivity index (χ3n) is 6.17. The van der Waals surface area contributed by atoms with Crippen molar-refractivity contribution in [1.82, 2.24) is 4.90 Å². The highest BCUT2D eigenvalue weighted by Gasteiger charge is 2.53. The van der Waals surface area contributed by atoms with E-state index < -0.39 is 17.4 Å². The highest BCUT2D eigenvalue weighted by molar-refractivity contribution is 6.13. The minimum absolute atomic E-state index is 0.144. The molecule has 2 heterocycles. The molecule has 3 aromatic carbocycles. The van der Waals surface area contributed by atoms with E-state index in [1.54, 1.807) is 36.3 Å². The average molecular weight is 453 g/mol. The maximum absolute atomic E-state index is 13.5. The molecule has 0 bridgehead atoms. The average Bonchev–Trinajstić information content (AvgIpc) is 2.78. The van der Waals surface area contributed by atoms with Crippen molar-refractivity contribution >= 4 is 17.3 Å². The maximum Gasteiger partial charge on any atom is 0.416 e. The summed E-state index contributed by atoms with van der Waals surface area (Å²) in [6.07, 6.45) is -4.41. The topological polar surface area (TPSA) is 44.8 Å². The van der Waals surface area contributed by atoms with Crippen LogP contribution in [0.25, 0.3) is 0 Å². The predicted octanol–water partition coefficient (Wildman–Crippen LogP) is 5.00. The number of likely N-dealkylation sites (tertiary alicyclic amines) is 1. The molecule has 5 rings (SSSR count). The van der Waals surface area contributed by atoms with E-state index in [0.29, 0.717) is 30.1 Å². The second-order valence-corrected chi connectivity index (χ2v) is 8.34. The van der Waals surface area contributed by atoms with Gasteiger partial charge in [-0.15, -0.1) is 0 Å². The van der Waals surface area contributed by atoms with Crippen molar-refractivity contribution in [1.29, 1.82) is 0 Å². The Labute approximate surface area is 189 Å². The molecule has 2 aliphatic heterocycles. The molecule has 2 aliphatic rings. The van der Waals surface area contributed by atoms with Gasteiger partial charge >= 0.3 is 6.18 Å². The van der Waals surface area contributed by atoms with E-state index >= 15 is 0 Å². The number of ether oxygens (including phenoxy) is 1. The van der Waals surface area contributed by atoms with Crippen molar-refractivity contribution in [3.8, 4) is 5.75 Å². The number of nitrogens with zero attached hydrogens (tertiary/aromatic N) is 2. The number of benzene rings is 3. The molecule has 0 unspecified atom stereocenters. The standard InChI is InChI=1S/C25H22F3N3O2/c1-33-19-12-10-18(11-13-19)31-23(32)20-7-3-5-9-22(20)29-24(31)15-30(16-24)14-17-6-2-4-8-21(17)25(26,27)28/h2-13,29H,14-16H2,1H3. The molecule has 3 aromatic rings. The van der Waals surface area contributed by atoms with E-state index in [1.807, 2.05) is 35.2 Å². The lowest BCUT2D eigenvalue weighted by atomic mass is 9.90. The van der Waals surface area contributed by atoms with Gasteiger partial charge in [0, 0.05) is 31.0 Å². The van der Waals surface area contributed by atoms with Crippen LogP contribution in [0.2, 0.25) is 0 Å². The van der Waals surface area contributed by atoms with Gasteiger partial charge in [0.1, 0.15) is 11.4 Å². The zero-order valence-electron chi connectivity index (χ0n) is 17.9. The number of hydrogen-bond acceptors (Lipinski definition) is 4. The third kappa shape index (κ3) is 3.70. The number of methoxy groups -OCH3 is 1. The van der Waals surface area contributed by atoms with Crippen LogP contribution >= 0.6 is 0 Å². The summed E-state index contributed by atoms with van der Waals surface area (Å²) in [5.74, 6) is 0.523. The van der Waals surface area contributed by atoms with Gasteiger partial charge in [-0.05, 0) is 48.0 Å². The molecular formula is C25H22F3N3O2. The van der Waals surface area contributed by atoms with Crippen LogP contribution in [0.5, 0.6) is 5.75 Å². The zero-order valence-corrected chi connectivity index (χ0v) is 17.9. The van der Waals surface area contributed by atoms with Crippen LogP contribution < -0.4 is 15.0 Å². The van der Waals surface area contributed by atoms with Crippen LogP contribution in [-0.2, 0) is 12.7 Å². The lowest BCUT2D eigenvalue weighted by Crippen LogP contribution is -2.76. The summed E-state index contributed by atoms with van der Waals surface area (Å²) in [6, 6.07) is 20.1. The van der Waals surface area contributed by atoms with Gasteiger partial charge in [0.15, 0.2) is 0 Å². The molecule has 1 fully saturated rings. The summed E-state index contributed by atoms with van der Waals surface area (Å²) in [5.41, 5.74) is 0.808. The second kappa shape index (κ2) is 7.81. The number of alkyl halides is 3. The molecular weight excluding hydrogens is 431 g/mol. The first-order valence-electron chi connectivity index (χ1n) is 10.5. The highest BCUT2D eigenvalue weighted by Crippen LogP contribution is 2.41. The van der Waals surface area contributed by atoms with Crippen molar-refractivity contribution < 1.29 is 22.7 Å². The van der Waals surface area contributed by atoms with Gasteiger partial charge in [0.25, 0.3) is 5.91 Å². The fourth-order valence-corrected chi connectivity index (χ4v) is 4.70. The monoisotopic (exact) mass is 453 g/mol. The van der Waals surface area contributed by atoms with Crippen molar-refractivity contribution in [2.24, 2.45) is 0 Å². The van der Waals surface area contributed by atoms with E-state index in [2.05, 4.69) is 5.32 Å². The molecule has 0 aliphatic carbocycles. The fraction of sp³-hybridized carbons (Fsp3) is 0.240. The molecule has 1 saturated heterocycles. The summed E-state index contributed by atoms with van der Waals surface area (Å²) in [5, 5.41) is 3.49. The smallest absolute Gasteiger partial charge is 0.416 e. The van der Waals surface area contributed by atoms with Gasteiger partial charge in [-0.25, -0.2) is 0 Å². The first-order chi connectivity index (χ1) is 15.8. The maximum atomic E-state index is 13.5. The van der Waals surface area contributed by atoms with E-state index in [1.165, 1.54) is 12.1 Å². The lowest BCUT2D eigenvalue weighted by molar-refractivity contribution is -0.138. The molecule has 0 atom stereocenters. The Hall–Kier alpha value is -3.52. The van der Waals surface area contributed by atoms with Gasteiger partial charge < -0.3 is 10.1 Å². The summed E-state index contributed by atoms with van der Waals surface area (Å²) in [6.45, 7) is 0.905. The summed E-state index contributed by atoms with van der Waals surface area (Å²) >= 11 is 0. The van der Waals surface area contributed by atoms with Crippen LogP contribution in [0.1, 0.15) is 21.5 Å². The van der Waals surface area contributed by atoms with E-state index in [0.717, 1.165) is 11.8 Å². The second-order valence-electron chi connectivity index (χ2n) is 8.34. The SMILES string of the molecule is COc1ccc(N2C(=O)c3ccccc3NC23CN(Cc2ccccc2C(F)(F)F)C3)cc1. The molecule has 1 amide bonds. The van der Waals surface area contributed by atoms with Gasteiger partial charge in [0.2, 0.25) is 0 Å². The Kier molecular flexibility index (Phi) is 5.05. The Morgan fingerprint density at radius 3 is 2.33 bits per heavy atom. The molecule has 1 spiro atoms. The fourth-order valence-electron chi connectivity index (χ4n) is 4.70. The molecule has 1 N–H and O–H groups in total.